The lowest BCUT2D eigenvalue weighted by Gasteiger charge is -2.07. The first-order valence-electron chi connectivity index (χ1n) is 12.7. The first-order valence-corrected chi connectivity index (χ1v) is 12.7. The van der Waals surface area contributed by atoms with Crippen molar-refractivity contribution < 1.29 is 0 Å². The summed E-state index contributed by atoms with van der Waals surface area (Å²) in [6, 6.07) is 7.44. The highest BCUT2D eigenvalue weighted by molar-refractivity contribution is 5.80. The van der Waals surface area contributed by atoms with Crippen molar-refractivity contribution in [3.8, 4) is 24.3 Å². The van der Waals surface area contributed by atoms with Gasteiger partial charge in [0.05, 0.1) is 19.0 Å². The zero-order chi connectivity index (χ0) is 33.4. The largest absolute Gasteiger partial charge is 0.394 e. The maximum atomic E-state index is 10.2. The van der Waals surface area contributed by atoms with Crippen LogP contribution in [0.15, 0.2) is 66.0 Å². The summed E-state index contributed by atoms with van der Waals surface area (Å²) in [5, 5.41) is 39.3. The number of fused-ring (bicyclic) bond motifs is 3. The summed E-state index contributed by atoms with van der Waals surface area (Å²) in [6.07, 6.45) is 3.76. The molecule has 0 spiro atoms. The number of allylic oxidation sites excluding steroid dienone is 2. The predicted octanol–water partition coefficient (Wildman–Crippen LogP) is -2.68. The van der Waals surface area contributed by atoms with Gasteiger partial charge in [-0.3, -0.25) is 0 Å². The highest BCUT2D eigenvalue weighted by Gasteiger charge is 2.25. The van der Waals surface area contributed by atoms with Crippen LogP contribution in [0.3, 0.4) is 0 Å². The Kier molecular flexibility index (Phi) is 6.44. The number of nitriles is 4. The molecule has 0 unspecified atom stereocenters. The molecule has 0 aliphatic carbocycles. The quantitative estimate of drug-likeness (QED) is 0.167. The van der Waals surface area contributed by atoms with E-state index in [0.717, 1.165) is 0 Å². The molecule has 0 amide bonds. The molecule has 0 fully saturated rings. The minimum absolute atomic E-state index is 0.0166. The molecule has 21 nitrogen and oxygen atoms in total. The van der Waals surface area contributed by atoms with Crippen LogP contribution in [0, 0.1) is 58.5 Å². The van der Waals surface area contributed by atoms with Gasteiger partial charge >= 0.3 is 5.95 Å². The first kappa shape index (κ1) is 28.0. The monoisotopic (exact) mass is 621 g/mol. The maximum absolute atomic E-state index is 10.2. The number of hydrogen-bond acceptors (Lipinski definition) is 19. The van der Waals surface area contributed by atoms with Crippen LogP contribution in [0.2, 0.25) is 0 Å². The second-order valence-electron chi connectivity index (χ2n) is 8.90. The van der Waals surface area contributed by atoms with Gasteiger partial charge in [0.15, 0.2) is 51.3 Å². The van der Waals surface area contributed by atoms with Gasteiger partial charge in [0, 0.05) is 0 Å². The molecule has 0 saturated carbocycles. The average molecular weight is 621 g/mol. The Morgan fingerprint density at radius 2 is 1.00 bits per heavy atom. The topological polar surface area (TPSA) is 294 Å². The molecule has 48 heavy (non-hydrogen) atoms. The van der Waals surface area contributed by atoms with Crippen molar-refractivity contribution in [3.05, 3.63) is 121 Å². The van der Waals surface area contributed by atoms with Gasteiger partial charge in [-0.2, -0.15) is 41.0 Å². The molecule has 7 heterocycles. The Hall–Kier alpha value is -8.79. The molecular weight excluding hydrogens is 618 g/mol. The van der Waals surface area contributed by atoms with Crippen molar-refractivity contribution in [1.82, 2.24) is 44.9 Å². The average Bonchev–Trinajstić information content (AvgIpc) is 3.84. The zero-order valence-electron chi connectivity index (χ0n) is 23.1. The normalized spacial score (nSPS) is 15.9. The van der Waals surface area contributed by atoms with Gasteiger partial charge in [0.1, 0.15) is 52.3 Å². The van der Waals surface area contributed by atoms with E-state index >= 15 is 0 Å². The van der Waals surface area contributed by atoms with Crippen LogP contribution in [0.4, 0.5) is 5.95 Å². The molecule has 0 atom stereocenters. The van der Waals surface area contributed by atoms with Gasteiger partial charge in [-0.25, -0.2) is 54.7 Å². The second kappa shape index (κ2) is 11.0. The Labute approximate surface area is 263 Å². The van der Waals surface area contributed by atoms with E-state index in [-0.39, 0.29) is 102 Å². The van der Waals surface area contributed by atoms with E-state index in [4.69, 9.17) is 23.7 Å². The summed E-state index contributed by atoms with van der Waals surface area (Å²) in [5.74, 6) is -2.24. The lowest BCUT2D eigenvalue weighted by atomic mass is 10.2. The Morgan fingerprint density at radius 1 is 0.542 bits per heavy atom. The van der Waals surface area contributed by atoms with E-state index in [1.165, 1.54) is 18.6 Å². The van der Waals surface area contributed by atoms with Crippen LogP contribution in [0.5, 0.6) is 0 Å². The third kappa shape index (κ3) is 4.67. The molecule has 7 rings (SSSR count). The molecule has 216 valence electrons. The Balaban J connectivity index is 1.49. The van der Waals surface area contributed by atoms with Crippen molar-refractivity contribution in [2.24, 2.45) is 30.0 Å². The molecule has 3 aliphatic rings. The highest BCUT2D eigenvalue weighted by atomic mass is 15.1. The predicted molar refractivity (Wildman–Crippen MR) is 147 cm³/mol. The van der Waals surface area contributed by atoms with Crippen LogP contribution in [-0.2, 0) is 0 Å². The van der Waals surface area contributed by atoms with Gasteiger partial charge in [-0.05, 0) is 0 Å². The third-order valence-corrected chi connectivity index (χ3v) is 6.14. The maximum Gasteiger partial charge on any atom is 0.373 e. The Morgan fingerprint density at radius 3 is 1.48 bits per heavy atom. The smallest absolute Gasteiger partial charge is 0.373 e. The summed E-state index contributed by atoms with van der Waals surface area (Å²) in [4.78, 5) is 68.6. The fraction of sp³-hybridized carbons (Fsp3) is 0. The van der Waals surface area contributed by atoms with Gasteiger partial charge in [-0.15, -0.1) is 11.6 Å². The van der Waals surface area contributed by atoms with Gasteiger partial charge < -0.3 is 4.85 Å². The molecule has 21 heteroatoms. The second-order valence-corrected chi connectivity index (χ2v) is 8.90. The van der Waals surface area contributed by atoms with E-state index in [0.29, 0.717) is 0 Å². The minimum atomic E-state index is -0.372. The molecule has 3 aliphatic heterocycles. The van der Waals surface area contributed by atoms with E-state index in [1.54, 1.807) is 12.1 Å². The molecule has 0 N–H and O–H groups in total. The standard InChI is InChI=1S/C27H3N21/c1-32-17(25-39-13-8-35-16(6-31)41-23(13)47-25)26-45-20(10(3-28)18-37-12-7-34-15(5-30)40-22(12)43-18)42-21(46-26)11(4-29)19-38-14-9-36-27(33-2)48-24(14)44-19/h7-9H/b18-10-,19-11-,25-17+. The van der Waals surface area contributed by atoms with Crippen LogP contribution >= 0.6 is 0 Å². The first-order chi connectivity index (χ1) is 23.4. The van der Waals surface area contributed by atoms with E-state index < -0.39 is 0 Å². The highest BCUT2D eigenvalue weighted by Crippen LogP contribution is 2.26. The van der Waals surface area contributed by atoms with Crippen LogP contribution in [0.1, 0.15) is 29.1 Å². The summed E-state index contributed by atoms with van der Waals surface area (Å²) in [7, 11) is 0. The van der Waals surface area contributed by atoms with Crippen LogP contribution < -0.4 is 32.5 Å². The van der Waals surface area contributed by atoms with Crippen LogP contribution in [0.25, 0.3) is 26.5 Å². The molecule has 0 radical (unpaired) electrons. The molecule has 0 bridgehead atoms. The summed E-state index contributed by atoms with van der Waals surface area (Å²) in [5.41, 5.74) is -0.923. The molecule has 4 aromatic rings. The van der Waals surface area contributed by atoms with E-state index in [1.807, 2.05) is 12.1 Å². The van der Waals surface area contributed by atoms with E-state index in [9.17, 15) is 10.5 Å². The summed E-state index contributed by atoms with van der Waals surface area (Å²) < 4.78 is 0. The number of nitrogens with zero attached hydrogens (tertiary/aromatic N) is 21. The SMILES string of the molecule is [C-]#[N+]/C(=C1\N=c2cnc(C#N)nc2=N1)c1nc(/C(C#N)=C2/N=c3cnc(C#N)nc3=N2)nc(/C(C#N)=C2/N=c3cnc([N+]#[C-])nc3=N2)n1. The van der Waals surface area contributed by atoms with E-state index in [2.05, 4.69) is 84.5 Å². The minimum Gasteiger partial charge on any atom is -0.394 e. The van der Waals surface area contributed by atoms with Crippen molar-refractivity contribution in [2.75, 3.05) is 0 Å². The van der Waals surface area contributed by atoms with Crippen molar-refractivity contribution in [3.63, 3.8) is 0 Å². The third-order valence-electron chi connectivity index (χ3n) is 6.14. The van der Waals surface area contributed by atoms with Gasteiger partial charge in [0.25, 0.3) is 5.70 Å². The van der Waals surface area contributed by atoms with Crippen LogP contribution in [-0.4, -0.2) is 44.9 Å². The molecule has 0 saturated heterocycles. The molecule has 4 aromatic heterocycles. The number of rotatable bonds is 3. The van der Waals surface area contributed by atoms with Crippen molar-refractivity contribution >= 4 is 22.8 Å². The zero-order valence-corrected chi connectivity index (χ0v) is 23.1. The van der Waals surface area contributed by atoms with Crippen molar-refractivity contribution in [1.29, 1.82) is 21.0 Å². The molecular formula is C27H3N21. The van der Waals surface area contributed by atoms with Gasteiger partial charge in [-0.1, -0.05) is 0 Å². The lowest BCUT2D eigenvalue weighted by Crippen LogP contribution is -2.27. The summed E-state index contributed by atoms with van der Waals surface area (Å²) >= 11 is 0. The fourth-order valence-electron chi connectivity index (χ4n) is 4.09. The number of aromatic nitrogens is 9. The summed E-state index contributed by atoms with van der Waals surface area (Å²) in [6.45, 7) is 15.1. The van der Waals surface area contributed by atoms with Crippen molar-refractivity contribution in [2.45, 2.75) is 0 Å². The molecule has 0 aromatic carbocycles. The number of hydrogen-bond donors (Lipinski definition) is 0. The fourth-order valence-corrected chi connectivity index (χ4v) is 4.09. The Bertz CT molecular complexity index is 2630. The van der Waals surface area contributed by atoms with Gasteiger partial charge in [0.2, 0.25) is 17.1 Å². The lowest BCUT2D eigenvalue weighted by molar-refractivity contribution is 0.958.